The highest BCUT2D eigenvalue weighted by Gasteiger charge is 2.39. The molecule has 1 heterocycles. The van der Waals surface area contributed by atoms with Gasteiger partial charge in [-0.3, -0.25) is 0 Å². The van der Waals surface area contributed by atoms with Gasteiger partial charge in [0.1, 0.15) is 0 Å². The standard InChI is InChI=1S/C11H17NO/c12-9-11(4-1-5-11)8-10-2-6-13-7-3-10/h10H,1-8H2. The van der Waals surface area contributed by atoms with Crippen LogP contribution in [0.1, 0.15) is 38.5 Å². The summed E-state index contributed by atoms with van der Waals surface area (Å²) in [4.78, 5) is 0. The second-order valence-electron chi connectivity index (χ2n) is 4.51. The van der Waals surface area contributed by atoms with Crippen LogP contribution in [0.15, 0.2) is 0 Å². The van der Waals surface area contributed by atoms with E-state index in [0.717, 1.165) is 38.4 Å². The minimum atomic E-state index is 0.0714. The van der Waals surface area contributed by atoms with Gasteiger partial charge in [0.15, 0.2) is 0 Å². The Hall–Kier alpha value is -0.550. The maximum absolute atomic E-state index is 9.09. The van der Waals surface area contributed by atoms with Crippen molar-refractivity contribution in [2.45, 2.75) is 38.5 Å². The summed E-state index contributed by atoms with van der Waals surface area (Å²) >= 11 is 0. The van der Waals surface area contributed by atoms with Gasteiger partial charge in [-0.05, 0) is 38.0 Å². The Morgan fingerprint density at radius 2 is 2.00 bits per heavy atom. The van der Waals surface area contributed by atoms with Crippen LogP contribution in [0.25, 0.3) is 0 Å². The molecule has 2 nitrogen and oxygen atoms in total. The Balaban J connectivity index is 1.85. The van der Waals surface area contributed by atoms with Crippen molar-refractivity contribution in [3.05, 3.63) is 0 Å². The summed E-state index contributed by atoms with van der Waals surface area (Å²) in [5.74, 6) is 0.758. The monoisotopic (exact) mass is 179 g/mol. The first-order valence-electron chi connectivity index (χ1n) is 5.34. The molecule has 0 bridgehead atoms. The summed E-state index contributed by atoms with van der Waals surface area (Å²) in [6.45, 7) is 1.82. The summed E-state index contributed by atoms with van der Waals surface area (Å²) in [5, 5.41) is 9.09. The van der Waals surface area contributed by atoms with Gasteiger partial charge in [0.25, 0.3) is 0 Å². The minimum absolute atomic E-state index is 0.0714. The molecule has 1 saturated carbocycles. The zero-order valence-corrected chi connectivity index (χ0v) is 8.09. The van der Waals surface area contributed by atoms with Crippen molar-refractivity contribution in [2.24, 2.45) is 11.3 Å². The molecule has 2 aliphatic rings. The zero-order chi connectivity index (χ0) is 9.15. The second kappa shape index (κ2) is 3.67. The molecule has 1 saturated heterocycles. The molecular weight excluding hydrogens is 162 g/mol. The van der Waals surface area contributed by atoms with Crippen LogP contribution in [-0.2, 0) is 4.74 Å². The second-order valence-corrected chi connectivity index (χ2v) is 4.51. The first-order valence-corrected chi connectivity index (χ1v) is 5.34. The number of ether oxygens (including phenoxy) is 1. The number of hydrogen-bond donors (Lipinski definition) is 0. The molecule has 0 spiro atoms. The van der Waals surface area contributed by atoms with E-state index in [4.69, 9.17) is 10.00 Å². The molecular formula is C11H17NO. The van der Waals surface area contributed by atoms with Crippen LogP contribution >= 0.6 is 0 Å². The number of rotatable bonds is 2. The van der Waals surface area contributed by atoms with Crippen LogP contribution in [-0.4, -0.2) is 13.2 Å². The predicted octanol–water partition coefficient (Wildman–Crippen LogP) is 2.50. The van der Waals surface area contributed by atoms with E-state index in [1.807, 2.05) is 0 Å². The van der Waals surface area contributed by atoms with Crippen molar-refractivity contribution < 1.29 is 4.74 Å². The van der Waals surface area contributed by atoms with Gasteiger partial charge in [0.05, 0.1) is 11.5 Å². The molecule has 0 atom stereocenters. The van der Waals surface area contributed by atoms with E-state index < -0.39 is 0 Å². The normalized spacial score (nSPS) is 27.6. The molecule has 0 aromatic rings. The van der Waals surface area contributed by atoms with Crippen molar-refractivity contribution in [1.82, 2.24) is 0 Å². The van der Waals surface area contributed by atoms with E-state index in [-0.39, 0.29) is 5.41 Å². The van der Waals surface area contributed by atoms with Gasteiger partial charge in [-0.1, -0.05) is 6.42 Å². The average Bonchev–Trinajstić information content (AvgIpc) is 2.13. The van der Waals surface area contributed by atoms with Gasteiger partial charge in [-0.25, -0.2) is 0 Å². The quantitative estimate of drug-likeness (QED) is 0.652. The number of hydrogen-bond acceptors (Lipinski definition) is 2. The molecule has 1 aliphatic carbocycles. The van der Waals surface area contributed by atoms with Crippen molar-refractivity contribution in [3.8, 4) is 6.07 Å². The lowest BCUT2D eigenvalue weighted by Crippen LogP contribution is -2.32. The SMILES string of the molecule is N#CC1(CC2CCOCC2)CCC1. The topological polar surface area (TPSA) is 33.0 Å². The maximum Gasteiger partial charge on any atom is 0.0689 e. The Kier molecular flexibility index (Phi) is 2.55. The Morgan fingerprint density at radius 3 is 2.46 bits per heavy atom. The Morgan fingerprint density at radius 1 is 1.31 bits per heavy atom. The van der Waals surface area contributed by atoms with Gasteiger partial charge in [0.2, 0.25) is 0 Å². The highest BCUT2D eigenvalue weighted by molar-refractivity contribution is 5.05. The van der Waals surface area contributed by atoms with Crippen LogP contribution in [0.5, 0.6) is 0 Å². The van der Waals surface area contributed by atoms with Gasteiger partial charge in [-0.15, -0.1) is 0 Å². The third-order valence-corrected chi connectivity index (χ3v) is 3.57. The molecule has 0 unspecified atom stereocenters. The fourth-order valence-electron chi connectivity index (χ4n) is 2.47. The molecule has 2 rings (SSSR count). The molecule has 0 radical (unpaired) electrons. The minimum Gasteiger partial charge on any atom is -0.381 e. The molecule has 0 aromatic carbocycles. The van der Waals surface area contributed by atoms with Gasteiger partial charge in [-0.2, -0.15) is 5.26 Å². The lowest BCUT2D eigenvalue weighted by Gasteiger charge is -2.39. The summed E-state index contributed by atoms with van der Waals surface area (Å²) in [6, 6.07) is 2.52. The van der Waals surface area contributed by atoms with E-state index in [9.17, 15) is 0 Å². The number of nitrogens with zero attached hydrogens (tertiary/aromatic N) is 1. The van der Waals surface area contributed by atoms with Crippen LogP contribution in [0.2, 0.25) is 0 Å². The highest BCUT2D eigenvalue weighted by atomic mass is 16.5. The van der Waals surface area contributed by atoms with Gasteiger partial charge >= 0.3 is 0 Å². The molecule has 72 valence electrons. The lowest BCUT2D eigenvalue weighted by molar-refractivity contribution is 0.0419. The first kappa shape index (κ1) is 9.02. The molecule has 1 aliphatic heterocycles. The van der Waals surface area contributed by atoms with Crippen molar-refractivity contribution in [2.75, 3.05) is 13.2 Å². The van der Waals surface area contributed by atoms with Crippen LogP contribution in [0.4, 0.5) is 0 Å². The van der Waals surface area contributed by atoms with E-state index >= 15 is 0 Å². The molecule has 0 N–H and O–H groups in total. The zero-order valence-electron chi connectivity index (χ0n) is 8.09. The third kappa shape index (κ3) is 1.86. The van der Waals surface area contributed by atoms with Crippen molar-refractivity contribution >= 4 is 0 Å². The average molecular weight is 179 g/mol. The van der Waals surface area contributed by atoms with Crippen molar-refractivity contribution in [1.29, 1.82) is 5.26 Å². The lowest BCUT2D eigenvalue weighted by atomic mass is 9.64. The largest absolute Gasteiger partial charge is 0.381 e. The molecule has 2 fully saturated rings. The fraction of sp³-hybridized carbons (Fsp3) is 0.909. The summed E-state index contributed by atoms with van der Waals surface area (Å²) < 4.78 is 5.32. The Bertz CT molecular complexity index is 209. The van der Waals surface area contributed by atoms with E-state index in [0.29, 0.717) is 0 Å². The van der Waals surface area contributed by atoms with E-state index in [1.54, 1.807) is 0 Å². The number of nitriles is 1. The highest BCUT2D eigenvalue weighted by Crippen LogP contribution is 2.46. The van der Waals surface area contributed by atoms with Crippen LogP contribution in [0, 0.1) is 22.7 Å². The summed E-state index contributed by atoms with van der Waals surface area (Å²) in [5.41, 5.74) is 0.0714. The molecule has 0 amide bonds. The first-order chi connectivity index (χ1) is 6.35. The van der Waals surface area contributed by atoms with E-state index in [2.05, 4.69) is 6.07 Å². The third-order valence-electron chi connectivity index (χ3n) is 3.57. The van der Waals surface area contributed by atoms with E-state index in [1.165, 1.54) is 19.3 Å². The van der Waals surface area contributed by atoms with Crippen molar-refractivity contribution in [3.63, 3.8) is 0 Å². The van der Waals surface area contributed by atoms with Crippen LogP contribution in [0.3, 0.4) is 0 Å². The van der Waals surface area contributed by atoms with Crippen LogP contribution < -0.4 is 0 Å². The summed E-state index contributed by atoms with van der Waals surface area (Å²) in [6.07, 6.45) is 7.01. The van der Waals surface area contributed by atoms with Gasteiger partial charge < -0.3 is 4.74 Å². The smallest absolute Gasteiger partial charge is 0.0689 e. The fourth-order valence-corrected chi connectivity index (χ4v) is 2.47. The molecule has 0 aromatic heterocycles. The molecule has 13 heavy (non-hydrogen) atoms. The van der Waals surface area contributed by atoms with Gasteiger partial charge in [0, 0.05) is 13.2 Å². The predicted molar refractivity (Wildman–Crippen MR) is 50.1 cm³/mol. The Labute approximate surface area is 79.9 Å². The molecule has 2 heteroatoms. The summed E-state index contributed by atoms with van der Waals surface area (Å²) in [7, 11) is 0. The maximum atomic E-state index is 9.09.